The van der Waals surface area contributed by atoms with Crippen molar-refractivity contribution in [3.05, 3.63) is 40.4 Å². The lowest BCUT2D eigenvalue weighted by Gasteiger charge is -2.23. The van der Waals surface area contributed by atoms with Gasteiger partial charge in [0.2, 0.25) is 5.91 Å². The van der Waals surface area contributed by atoms with Gasteiger partial charge in [-0.25, -0.2) is 4.98 Å². The maximum absolute atomic E-state index is 12.5. The van der Waals surface area contributed by atoms with E-state index < -0.39 is 0 Å². The third kappa shape index (κ3) is 5.13. The lowest BCUT2D eigenvalue weighted by Crippen LogP contribution is -2.46. The van der Waals surface area contributed by atoms with Crippen LogP contribution >= 0.6 is 11.3 Å². The monoisotopic (exact) mass is 359 g/mol. The van der Waals surface area contributed by atoms with Crippen molar-refractivity contribution in [2.45, 2.75) is 40.2 Å². The molecule has 2 rings (SSSR count). The largest absolute Gasteiger partial charge is 0.350 e. The van der Waals surface area contributed by atoms with Gasteiger partial charge in [0.1, 0.15) is 10.7 Å². The number of carbonyl (C=O) groups is 2. The molecule has 1 heterocycles. The smallest absolute Gasteiger partial charge is 0.273 e. The summed E-state index contributed by atoms with van der Waals surface area (Å²) in [6.07, 6.45) is 0. The van der Waals surface area contributed by atoms with E-state index in [1.807, 2.05) is 46.8 Å². The van der Waals surface area contributed by atoms with Crippen molar-refractivity contribution in [1.29, 1.82) is 0 Å². The lowest BCUT2D eigenvalue weighted by atomic mass is 10.1. The molecule has 1 aromatic carbocycles. The van der Waals surface area contributed by atoms with Gasteiger partial charge >= 0.3 is 0 Å². The predicted octanol–water partition coefficient (Wildman–Crippen LogP) is 3.41. The molecule has 0 radical (unpaired) electrons. The SMILES string of the molecule is Cc1ccc(-c2nc(C(=O)N(C)CC(=O)NC(C)(C)C)cs2)c(C)c1. The molecule has 0 aliphatic rings. The van der Waals surface area contributed by atoms with Crippen LogP contribution < -0.4 is 5.32 Å². The number of nitrogens with zero attached hydrogens (tertiary/aromatic N) is 2. The molecule has 0 aliphatic heterocycles. The van der Waals surface area contributed by atoms with Crippen LogP contribution in [0.4, 0.5) is 0 Å². The van der Waals surface area contributed by atoms with Crippen molar-refractivity contribution in [3.8, 4) is 10.6 Å². The number of likely N-dealkylation sites (N-methyl/N-ethyl adjacent to an activating group) is 1. The third-order valence-electron chi connectivity index (χ3n) is 3.58. The van der Waals surface area contributed by atoms with E-state index in [-0.39, 0.29) is 23.9 Å². The summed E-state index contributed by atoms with van der Waals surface area (Å²) in [6, 6.07) is 6.16. The van der Waals surface area contributed by atoms with Gasteiger partial charge in [0, 0.05) is 23.5 Å². The zero-order valence-corrected chi connectivity index (χ0v) is 16.5. The summed E-state index contributed by atoms with van der Waals surface area (Å²) in [6.45, 7) is 9.81. The van der Waals surface area contributed by atoms with E-state index in [9.17, 15) is 9.59 Å². The molecule has 0 saturated carbocycles. The Morgan fingerprint density at radius 2 is 1.92 bits per heavy atom. The van der Waals surface area contributed by atoms with Crippen molar-refractivity contribution in [3.63, 3.8) is 0 Å². The zero-order valence-electron chi connectivity index (χ0n) is 15.6. The average Bonchev–Trinajstić information content (AvgIpc) is 2.93. The van der Waals surface area contributed by atoms with Gasteiger partial charge in [0.15, 0.2) is 0 Å². The first kappa shape index (κ1) is 19.1. The topological polar surface area (TPSA) is 62.3 Å². The minimum atomic E-state index is -0.322. The van der Waals surface area contributed by atoms with Crippen LogP contribution in [0.3, 0.4) is 0 Å². The van der Waals surface area contributed by atoms with Crippen LogP contribution in [0.1, 0.15) is 42.4 Å². The fraction of sp³-hybridized carbons (Fsp3) is 0.421. The third-order valence-corrected chi connectivity index (χ3v) is 4.45. The Kier molecular flexibility index (Phi) is 5.62. The molecule has 0 atom stereocenters. The number of aromatic nitrogens is 1. The van der Waals surface area contributed by atoms with Gasteiger partial charge in [-0.15, -0.1) is 11.3 Å². The molecule has 1 aromatic heterocycles. The molecule has 0 saturated heterocycles. The summed E-state index contributed by atoms with van der Waals surface area (Å²) in [5.41, 5.74) is 3.40. The Morgan fingerprint density at radius 1 is 1.24 bits per heavy atom. The van der Waals surface area contributed by atoms with Gasteiger partial charge in [-0.05, 0) is 40.2 Å². The quantitative estimate of drug-likeness (QED) is 0.910. The van der Waals surface area contributed by atoms with Crippen LogP contribution in [-0.4, -0.2) is 40.8 Å². The number of benzene rings is 1. The molecule has 0 unspecified atom stereocenters. The number of hydrogen-bond donors (Lipinski definition) is 1. The number of nitrogens with one attached hydrogen (secondary N) is 1. The molecular formula is C19H25N3O2S. The Labute approximate surface area is 153 Å². The highest BCUT2D eigenvalue weighted by Gasteiger charge is 2.21. The van der Waals surface area contributed by atoms with Crippen LogP contribution in [0.15, 0.2) is 23.6 Å². The van der Waals surface area contributed by atoms with Gasteiger partial charge in [-0.3, -0.25) is 9.59 Å². The first-order chi connectivity index (χ1) is 11.6. The van der Waals surface area contributed by atoms with Crippen LogP contribution in [0, 0.1) is 13.8 Å². The van der Waals surface area contributed by atoms with Crippen molar-refractivity contribution in [2.75, 3.05) is 13.6 Å². The summed E-state index contributed by atoms with van der Waals surface area (Å²) >= 11 is 1.44. The molecule has 0 aliphatic carbocycles. The second kappa shape index (κ2) is 7.35. The van der Waals surface area contributed by atoms with E-state index in [1.165, 1.54) is 21.8 Å². The number of aryl methyl sites for hydroxylation is 2. The first-order valence-electron chi connectivity index (χ1n) is 8.16. The molecule has 0 fully saturated rings. The van der Waals surface area contributed by atoms with E-state index in [0.29, 0.717) is 5.69 Å². The Morgan fingerprint density at radius 3 is 2.52 bits per heavy atom. The zero-order chi connectivity index (χ0) is 18.8. The first-order valence-corrected chi connectivity index (χ1v) is 9.04. The van der Waals surface area contributed by atoms with E-state index in [1.54, 1.807) is 12.4 Å². The summed E-state index contributed by atoms with van der Waals surface area (Å²) in [5, 5.41) is 5.41. The van der Waals surface area contributed by atoms with Crippen molar-refractivity contribution in [1.82, 2.24) is 15.2 Å². The Bertz CT molecular complexity index is 790. The van der Waals surface area contributed by atoms with Gasteiger partial charge < -0.3 is 10.2 Å². The molecule has 2 aromatic rings. The minimum Gasteiger partial charge on any atom is -0.350 e. The van der Waals surface area contributed by atoms with Gasteiger partial charge in [0.05, 0.1) is 6.54 Å². The van der Waals surface area contributed by atoms with E-state index in [4.69, 9.17) is 0 Å². The molecule has 6 heteroatoms. The fourth-order valence-corrected chi connectivity index (χ4v) is 3.37. The molecular weight excluding hydrogens is 334 g/mol. The molecule has 0 bridgehead atoms. The van der Waals surface area contributed by atoms with Crippen LogP contribution in [0.5, 0.6) is 0 Å². The van der Waals surface area contributed by atoms with Crippen molar-refractivity contribution in [2.24, 2.45) is 0 Å². The summed E-state index contributed by atoms with van der Waals surface area (Å²) in [5.74, 6) is -0.440. The van der Waals surface area contributed by atoms with Crippen LogP contribution in [0.25, 0.3) is 10.6 Å². The number of rotatable bonds is 4. The maximum atomic E-state index is 12.5. The number of amides is 2. The highest BCUT2D eigenvalue weighted by Crippen LogP contribution is 2.27. The maximum Gasteiger partial charge on any atom is 0.273 e. The fourth-order valence-electron chi connectivity index (χ4n) is 2.49. The summed E-state index contributed by atoms with van der Waals surface area (Å²) < 4.78 is 0. The van der Waals surface area contributed by atoms with Gasteiger partial charge in [-0.2, -0.15) is 0 Å². The predicted molar refractivity (Wildman–Crippen MR) is 102 cm³/mol. The number of carbonyl (C=O) groups excluding carboxylic acids is 2. The standard InChI is InChI=1S/C19H25N3O2S/c1-12-7-8-14(13(2)9-12)17-20-15(11-25-17)18(24)22(6)10-16(23)21-19(3,4)5/h7-9,11H,10H2,1-6H3,(H,21,23). The molecule has 2 amide bonds. The van der Waals surface area contributed by atoms with Crippen molar-refractivity contribution < 1.29 is 9.59 Å². The van der Waals surface area contributed by atoms with Gasteiger partial charge in [0.25, 0.3) is 5.91 Å². The highest BCUT2D eigenvalue weighted by atomic mass is 32.1. The summed E-state index contributed by atoms with van der Waals surface area (Å²) in [4.78, 5) is 30.4. The normalized spacial score (nSPS) is 11.3. The molecule has 25 heavy (non-hydrogen) atoms. The van der Waals surface area contributed by atoms with Gasteiger partial charge in [-0.1, -0.05) is 23.8 Å². The molecule has 134 valence electrons. The van der Waals surface area contributed by atoms with E-state index in [2.05, 4.69) is 16.4 Å². The lowest BCUT2D eigenvalue weighted by molar-refractivity contribution is -0.122. The second-order valence-corrected chi connectivity index (χ2v) is 8.17. The minimum absolute atomic E-state index is 0.00647. The van der Waals surface area contributed by atoms with Crippen LogP contribution in [-0.2, 0) is 4.79 Å². The van der Waals surface area contributed by atoms with Crippen LogP contribution in [0.2, 0.25) is 0 Å². The molecule has 5 nitrogen and oxygen atoms in total. The second-order valence-electron chi connectivity index (χ2n) is 7.32. The molecule has 0 spiro atoms. The Balaban J connectivity index is 2.10. The van der Waals surface area contributed by atoms with Crippen molar-refractivity contribution >= 4 is 23.2 Å². The number of hydrogen-bond acceptors (Lipinski definition) is 4. The Hall–Kier alpha value is -2.21. The summed E-state index contributed by atoms with van der Waals surface area (Å²) in [7, 11) is 1.61. The number of thiazole rings is 1. The average molecular weight is 359 g/mol. The van der Waals surface area contributed by atoms with E-state index >= 15 is 0 Å². The highest BCUT2D eigenvalue weighted by molar-refractivity contribution is 7.13. The van der Waals surface area contributed by atoms with E-state index in [0.717, 1.165) is 16.1 Å². The molecule has 1 N–H and O–H groups in total.